The number of aromatic nitrogens is 1. The number of carbonyl (C=O) groups is 1. The van der Waals surface area contributed by atoms with Gasteiger partial charge in [-0.15, -0.1) is 11.3 Å². The molecule has 1 fully saturated rings. The maximum absolute atomic E-state index is 12.5. The summed E-state index contributed by atoms with van der Waals surface area (Å²) in [5, 5.41) is 5.26. The standard InChI is InChI=1S/C22H27N3OS/c1-15-7-8-19-17(12-15)13-18-14-20(27-22(18)24-19)21(26)23-9-5-11-25-10-4-3-6-16(25)2/h7-8,12-14,16H,3-6,9-11H2,1-2H3,(H,23,26)/t16-/m0/s1. The molecule has 0 saturated carbocycles. The number of rotatable bonds is 5. The minimum atomic E-state index is 0.0185. The predicted molar refractivity (Wildman–Crippen MR) is 114 cm³/mol. The molecule has 0 unspecified atom stereocenters. The molecule has 2 aromatic heterocycles. The van der Waals surface area contributed by atoms with Gasteiger partial charge in [0.15, 0.2) is 0 Å². The van der Waals surface area contributed by atoms with Crippen LogP contribution in [0.5, 0.6) is 0 Å². The SMILES string of the molecule is Cc1ccc2nc3sc(C(=O)NCCCN4CCCC[C@@H]4C)cc3cc2c1. The molecule has 142 valence electrons. The number of hydrogen-bond donors (Lipinski definition) is 1. The van der Waals surface area contributed by atoms with Gasteiger partial charge in [0, 0.05) is 29.9 Å². The fraction of sp³-hybridized carbons (Fsp3) is 0.455. The monoisotopic (exact) mass is 381 g/mol. The summed E-state index contributed by atoms with van der Waals surface area (Å²) in [5.41, 5.74) is 2.21. The Morgan fingerprint density at radius 2 is 2.15 bits per heavy atom. The number of fused-ring (bicyclic) bond motifs is 2. The Kier molecular flexibility index (Phi) is 5.41. The molecule has 1 N–H and O–H groups in total. The Balaban J connectivity index is 1.38. The van der Waals surface area contributed by atoms with Gasteiger partial charge >= 0.3 is 0 Å². The number of hydrogen-bond acceptors (Lipinski definition) is 4. The van der Waals surface area contributed by atoms with Crippen molar-refractivity contribution >= 4 is 38.4 Å². The van der Waals surface area contributed by atoms with Crippen molar-refractivity contribution in [1.82, 2.24) is 15.2 Å². The fourth-order valence-electron chi connectivity index (χ4n) is 3.93. The van der Waals surface area contributed by atoms with E-state index in [0.717, 1.165) is 45.5 Å². The van der Waals surface area contributed by atoms with Gasteiger partial charge in [-0.2, -0.15) is 0 Å². The van der Waals surface area contributed by atoms with Crippen molar-refractivity contribution < 1.29 is 4.79 Å². The lowest BCUT2D eigenvalue weighted by molar-refractivity contribution is 0.0953. The Labute approximate surface area is 164 Å². The number of benzene rings is 1. The predicted octanol–water partition coefficient (Wildman–Crippen LogP) is 4.75. The van der Waals surface area contributed by atoms with Gasteiger partial charge in [-0.25, -0.2) is 4.98 Å². The summed E-state index contributed by atoms with van der Waals surface area (Å²) in [7, 11) is 0. The molecular formula is C22H27N3OS. The molecule has 4 rings (SSSR count). The second kappa shape index (κ2) is 7.95. The van der Waals surface area contributed by atoms with Crippen molar-refractivity contribution in [3.05, 3.63) is 40.8 Å². The lowest BCUT2D eigenvalue weighted by Gasteiger charge is -2.33. The molecule has 1 aromatic carbocycles. The highest BCUT2D eigenvalue weighted by atomic mass is 32.1. The van der Waals surface area contributed by atoms with E-state index in [1.165, 1.54) is 42.7 Å². The second-order valence-electron chi connectivity index (χ2n) is 7.68. The van der Waals surface area contributed by atoms with Crippen LogP contribution in [0.25, 0.3) is 21.1 Å². The van der Waals surface area contributed by atoms with E-state index < -0.39 is 0 Å². The van der Waals surface area contributed by atoms with Crippen LogP contribution in [0.15, 0.2) is 30.3 Å². The van der Waals surface area contributed by atoms with E-state index in [1.807, 2.05) is 12.1 Å². The highest BCUT2D eigenvalue weighted by Gasteiger charge is 2.17. The highest BCUT2D eigenvalue weighted by molar-refractivity contribution is 7.20. The summed E-state index contributed by atoms with van der Waals surface area (Å²) in [5.74, 6) is 0.0185. The minimum Gasteiger partial charge on any atom is -0.351 e. The molecule has 3 heterocycles. The van der Waals surface area contributed by atoms with Crippen molar-refractivity contribution in [3.63, 3.8) is 0 Å². The molecule has 1 amide bonds. The third-order valence-corrected chi connectivity index (χ3v) is 6.57. The van der Waals surface area contributed by atoms with Crippen molar-refractivity contribution in [2.24, 2.45) is 0 Å². The van der Waals surface area contributed by atoms with Crippen molar-refractivity contribution in [2.75, 3.05) is 19.6 Å². The summed E-state index contributed by atoms with van der Waals surface area (Å²) >= 11 is 1.48. The first-order chi connectivity index (χ1) is 13.1. The first kappa shape index (κ1) is 18.4. The van der Waals surface area contributed by atoms with Crippen LogP contribution in [0.2, 0.25) is 0 Å². The van der Waals surface area contributed by atoms with Crippen molar-refractivity contribution in [3.8, 4) is 0 Å². The van der Waals surface area contributed by atoms with E-state index in [0.29, 0.717) is 6.04 Å². The zero-order valence-electron chi connectivity index (χ0n) is 16.1. The number of nitrogens with one attached hydrogen (secondary N) is 1. The van der Waals surface area contributed by atoms with Gasteiger partial charge in [-0.1, -0.05) is 18.1 Å². The third kappa shape index (κ3) is 4.14. The topological polar surface area (TPSA) is 45.2 Å². The maximum atomic E-state index is 12.5. The summed E-state index contributed by atoms with van der Waals surface area (Å²) < 4.78 is 0. The van der Waals surface area contributed by atoms with E-state index in [9.17, 15) is 4.79 Å². The normalized spacial score (nSPS) is 18.2. The Bertz CT molecular complexity index is 965. The number of aryl methyl sites for hydroxylation is 1. The lowest BCUT2D eigenvalue weighted by Crippen LogP contribution is -2.39. The molecule has 1 saturated heterocycles. The Hall–Kier alpha value is -1.98. The van der Waals surface area contributed by atoms with Gasteiger partial charge in [0.2, 0.25) is 0 Å². The summed E-state index contributed by atoms with van der Waals surface area (Å²) in [6.45, 7) is 7.39. The van der Waals surface area contributed by atoms with Crippen LogP contribution in [0.1, 0.15) is 47.8 Å². The molecule has 5 heteroatoms. The zero-order valence-corrected chi connectivity index (χ0v) is 16.9. The lowest BCUT2D eigenvalue weighted by atomic mass is 10.0. The first-order valence-corrected chi connectivity index (χ1v) is 10.7. The van der Waals surface area contributed by atoms with Crippen LogP contribution in [-0.4, -0.2) is 41.5 Å². The van der Waals surface area contributed by atoms with E-state index in [1.54, 1.807) is 0 Å². The van der Waals surface area contributed by atoms with E-state index >= 15 is 0 Å². The highest BCUT2D eigenvalue weighted by Crippen LogP contribution is 2.28. The molecule has 0 radical (unpaired) electrons. The summed E-state index contributed by atoms with van der Waals surface area (Å²) in [6.07, 6.45) is 4.96. The van der Waals surface area contributed by atoms with Crippen LogP contribution in [0, 0.1) is 6.92 Å². The van der Waals surface area contributed by atoms with E-state index in [-0.39, 0.29) is 5.91 Å². The van der Waals surface area contributed by atoms with Crippen LogP contribution in [0.3, 0.4) is 0 Å². The average molecular weight is 382 g/mol. The van der Waals surface area contributed by atoms with E-state index in [2.05, 4.69) is 42.3 Å². The number of carbonyl (C=O) groups excluding carboxylic acids is 1. The maximum Gasteiger partial charge on any atom is 0.261 e. The second-order valence-corrected chi connectivity index (χ2v) is 8.71. The number of thiophene rings is 1. The number of piperidine rings is 1. The average Bonchev–Trinajstić information content (AvgIpc) is 3.07. The molecule has 4 nitrogen and oxygen atoms in total. The smallest absolute Gasteiger partial charge is 0.261 e. The molecule has 1 atom stereocenters. The summed E-state index contributed by atoms with van der Waals surface area (Å²) in [6, 6.07) is 11.0. The first-order valence-electron chi connectivity index (χ1n) is 9.93. The largest absolute Gasteiger partial charge is 0.351 e. The zero-order chi connectivity index (χ0) is 18.8. The molecule has 0 spiro atoms. The van der Waals surface area contributed by atoms with E-state index in [4.69, 9.17) is 4.98 Å². The Morgan fingerprint density at radius 3 is 3.00 bits per heavy atom. The number of amides is 1. The van der Waals surface area contributed by atoms with Crippen molar-refractivity contribution in [2.45, 2.75) is 45.6 Å². The molecule has 27 heavy (non-hydrogen) atoms. The molecule has 3 aromatic rings. The quantitative estimate of drug-likeness (QED) is 0.649. The number of nitrogens with zero attached hydrogens (tertiary/aromatic N) is 2. The van der Waals surface area contributed by atoms with Crippen molar-refractivity contribution in [1.29, 1.82) is 0 Å². The van der Waals surface area contributed by atoms with Crippen LogP contribution in [0.4, 0.5) is 0 Å². The van der Waals surface area contributed by atoms with Crippen LogP contribution in [-0.2, 0) is 0 Å². The van der Waals surface area contributed by atoms with Gasteiger partial charge in [-0.05, 0) is 63.9 Å². The van der Waals surface area contributed by atoms with Gasteiger partial charge in [0.05, 0.1) is 10.4 Å². The van der Waals surface area contributed by atoms with Crippen LogP contribution < -0.4 is 5.32 Å². The molecular weight excluding hydrogens is 354 g/mol. The summed E-state index contributed by atoms with van der Waals surface area (Å²) in [4.78, 5) is 21.5. The van der Waals surface area contributed by atoms with Gasteiger partial charge < -0.3 is 10.2 Å². The van der Waals surface area contributed by atoms with Crippen LogP contribution >= 0.6 is 11.3 Å². The fourth-order valence-corrected chi connectivity index (χ4v) is 4.87. The Morgan fingerprint density at radius 1 is 1.26 bits per heavy atom. The molecule has 0 bridgehead atoms. The molecule has 0 aliphatic carbocycles. The molecule has 1 aliphatic rings. The van der Waals surface area contributed by atoms with Gasteiger partial charge in [0.1, 0.15) is 4.83 Å². The number of pyridine rings is 1. The van der Waals surface area contributed by atoms with Gasteiger partial charge in [-0.3, -0.25) is 4.79 Å². The third-order valence-electron chi connectivity index (χ3n) is 5.53. The minimum absolute atomic E-state index is 0.0185. The molecule has 1 aliphatic heterocycles. The number of likely N-dealkylation sites (tertiary alicyclic amines) is 1. The van der Waals surface area contributed by atoms with Gasteiger partial charge in [0.25, 0.3) is 5.91 Å².